The van der Waals surface area contributed by atoms with Gasteiger partial charge in [-0.05, 0) is 41.7 Å². The quantitative estimate of drug-likeness (QED) is 0.654. The predicted octanol–water partition coefficient (Wildman–Crippen LogP) is 5.15. The molecule has 0 saturated heterocycles. The fourth-order valence-electron chi connectivity index (χ4n) is 2.40. The van der Waals surface area contributed by atoms with E-state index in [4.69, 9.17) is 0 Å². The van der Waals surface area contributed by atoms with E-state index < -0.39 is 0 Å². The van der Waals surface area contributed by atoms with Gasteiger partial charge in [0.05, 0.1) is 0 Å². The second-order valence-corrected chi connectivity index (χ2v) is 5.60. The van der Waals surface area contributed by atoms with E-state index in [1.807, 2.05) is 0 Å². The van der Waals surface area contributed by atoms with Crippen LogP contribution in [0.2, 0.25) is 0 Å². The third-order valence-corrected chi connectivity index (χ3v) is 3.74. The van der Waals surface area contributed by atoms with E-state index in [0.29, 0.717) is 0 Å². The second kappa shape index (κ2) is 7.14. The lowest BCUT2D eigenvalue weighted by atomic mass is 10.0. The smallest absolute Gasteiger partial charge is 0.0361 e. The molecule has 0 aliphatic heterocycles. The van der Waals surface area contributed by atoms with Crippen LogP contribution in [-0.4, -0.2) is 14.1 Å². The average Bonchev–Trinajstić information content (AvgIpc) is 2.48. The molecule has 0 spiro atoms. The summed E-state index contributed by atoms with van der Waals surface area (Å²) in [7, 11) is 4.14. The molecule has 106 valence electrons. The zero-order valence-electron chi connectivity index (χ0n) is 12.9. The van der Waals surface area contributed by atoms with Crippen molar-refractivity contribution in [2.45, 2.75) is 32.6 Å². The molecule has 0 saturated carbocycles. The molecule has 0 heterocycles. The minimum atomic E-state index is 1.20. The van der Waals surface area contributed by atoms with Crippen LogP contribution in [0.4, 0.5) is 5.69 Å². The Morgan fingerprint density at radius 3 is 1.80 bits per heavy atom. The molecule has 0 amide bonds. The molecule has 0 N–H and O–H groups in total. The van der Waals surface area contributed by atoms with Crippen LogP contribution in [0.3, 0.4) is 0 Å². The molecule has 1 heteroatoms. The summed E-state index contributed by atoms with van der Waals surface area (Å²) < 4.78 is 0. The summed E-state index contributed by atoms with van der Waals surface area (Å²) in [6, 6.07) is 17.8. The first-order valence-electron chi connectivity index (χ1n) is 7.57. The number of unbranched alkanes of at least 4 members (excludes halogenated alkanes) is 2. The van der Waals surface area contributed by atoms with Crippen molar-refractivity contribution < 1.29 is 0 Å². The minimum absolute atomic E-state index is 1.20. The van der Waals surface area contributed by atoms with Crippen LogP contribution in [0, 0.1) is 0 Å². The lowest BCUT2D eigenvalue weighted by Crippen LogP contribution is -2.07. The molecule has 2 aromatic rings. The van der Waals surface area contributed by atoms with Gasteiger partial charge in [0.1, 0.15) is 0 Å². The van der Waals surface area contributed by atoms with Gasteiger partial charge in [0.25, 0.3) is 0 Å². The molecular formula is C19H25N. The summed E-state index contributed by atoms with van der Waals surface area (Å²) in [5, 5.41) is 0. The number of rotatable bonds is 6. The van der Waals surface area contributed by atoms with Gasteiger partial charge in [0.2, 0.25) is 0 Å². The molecule has 0 aliphatic rings. The van der Waals surface area contributed by atoms with Crippen LogP contribution in [0.5, 0.6) is 0 Å². The zero-order valence-corrected chi connectivity index (χ0v) is 12.9. The maximum Gasteiger partial charge on any atom is 0.0361 e. The van der Waals surface area contributed by atoms with Gasteiger partial charge in [-0.25, -0.2) is 0 Å². The summed E-state index contributed by atoms with van der Waals surface area (Å²) >= 11 is 0. The summed E-state index contributed by atoms with van der Waals surface area (Å²) in [5.41, 5.74) is 5.28. The number of aryl methyl sites for hydroxylation is 1. The summed E-state index contributed by atoms with van der Waals surface area (Å²) in [6.07, 6.45) is 5.12. The fraction of sp³-hybridized carbons (Fsp3) is 0.368. The summed E-state index contributed by atoms with van der Waals surface area (Å²) in [5.74, 6) is 0. The Hall–Kier alpha value is -1.76. The molecule has 20 heavy (non-hydrogen) atoms. The monoisotopic (exact) mass is 267 g/mol. The van der Waals surface area contributed by atoms with Gasteiger partial charge in [0.15, 0.2) is 0 Å². The number of hydrogen-bond donors (Lipinski definition) is 0. The first-order chi connectivity index (χ1) is 9.70. The largest absolute Gasteiger partial charge is 0.378 e. The van der Waals surface area contributed by atoms with Gasteiger partial charge in [-0.15, -0.1) is 0 Å². The van der Waals surface area contributed by atoms with Crippen molar-refractivity contribution in [3.05, 3.63) is 54.1 Å². The first kappa shape index (κ1) is 14.6. The third-order valence-electron chi connectivity index (χ3n) is 3.74. The van der Waals surface area contributed by atoms with Crippen molar-refractivity contribution in [1.82, 2.24) is 0 Å². The number of nitrogens with zero attached hydrogens (tertiary/aromatic N) is 1. The second-order valence-electron chi connectivity index (χ2n) is 5.60. The van der Waals surface area contributed by atoms with Crippen LogP contribution in [0.1, 0.15) is 31.7 Å². The van der Waals surface area contributed by atoms with Gasteiger partial charge >= 0.3 is 0 Å². The molecule has 0 unspecified atom stereocenters. The van der Waals surface area contributed by atoms with Crippen LogP contribution in [0.15, 0.2) is 48.5 Å². The van der Waals surface area contributed by atoms with Crippen molar-refractivity contribution in [1.29, 1.82) is 0 Å². The Kier molecular flexibility index (Phi) is 5.23. The van der Waals surface area contributed by atoms with E-state index in [0.717, 1.165) is 0 Å². The van der Waals surface area contributed by atoms with Crippen molar-refractivity contribution in [3.8, 4) is 11.1 Å². The lowest BCUT2D eigenvalue weighted by molar-refractivity contribution is 0.717. The van der Waals surface area contributed by atoms with Crippen molar-refractivity contribution in [2.75, 3.05) is 19.0 Å². The molecule has 0 fully saturated rings. The van der Waals surface area contributed by atoms with E-state index in [9.17, 15) is 0 Å². The Labute approximate surface area is 123 Å². The highest BCUT2D eigenvalue weighted by molar-refractivity contribution is 5.66. The topological polar surface area (TPSA) is 3.24 Å². The highest BCUT2D eigenvalue weighted by Crippen LogP contribution is 2.23. The van der Waals surface area contributed by atoms with Crippen molar-refractivity contribution in [3.63, 3.8) is 0 Å². The van der Waals surface area contributed by atoms with Crippen molar-refractivity contribution in [2.24, 2.45) is 0 Å². The number of hydrogen-bond acceptors (Lipinski definition) is 1. The van der Waals surface area contributed by atoms with Gasteiger partial charge in [-0.2, -0.15) is 0 Å². The van der Waals surface area contributed by atoms with Crippen molar-refractivity contribution >= 4 is 5.69 Å². The normalized spacial score (nSPS) is 10.6. The molecule has 0 radical (unpaired) electrons. The molecule has 0 aliphatic carbocycles. The summed E-state index contributed by atoms with van der Waals surface area (Å²) in [4.78, 5) is 2.13. The standard InChI is InChI=1S/C19H25N/c1-4-5-6-7-16-8-10-17(11-9-16)18-12-14-19(15-13-18)20(2)3/h8-15H,4-7H2,1-3H3. The summed E-state index contributed by atoms with van der Waals surface area (Å²) in [6.45, 7) is 2.25. The van der Waals surface area contributed by atoms with Crippen LogP contribution in [-0.2, 0) is 6.42 Å². The molecule has 2 aromatic carbocycles. The van der Waals surface area contributed by atoms with Gasteiger partial charge < -0.3 is 4.90 Å². The lowest BCUT2D eigenvalue weighted by Gasteiger charge is -2.12. The van der Waals surface area contributed by atoms with Crippen LogP contribution < -0.4 is 4.90 Å². The number of anilines is 1. The molecule has 0 bridgehead atoms. The third kappa shape index (κ3) is 3.86. The maximum absolute atomic E-state index is 2.27. The molecule has 1 nitrogen and oxygen atoms in total. The van der Waals surface area contributed by atoms with E-state index >= 15 is 0 Å². The molecule has 0 atom stereocenters. The Balaban J connectivity index is 2.05. The van der Waals surface area contributed by atoms with E-state index in [-0.39, 0.29) is 0 Å². The average molecular weight is 267 g/mol. The van der Waals surface area contributed by atoms with Gasteiger partial charge in [0, 0.05) is 19.8 Å². The first-order valence-corrected chi connectivity index (χ1v) is 7.57. The van der Waals surface area contributed by atoms with Crippen LogP contribution in [0.25, 0.3) is 11.1 Å². The minimum Gasteiger partial charge on any atom is -0.378 e. The van der Waals surface area contributed by atoms with E-state index in [1.165, 1.54) is 48.1 Å². The maximum atomic E-state index is 2.27. The predicted molar refractivity (Wildman–Crippen MR) is 89.4 cm³/mol. The van der Waals surface area contributed by atoms with E-state index in [2.05, 4.69) is 74.4 Å². The van der Waals surface area contributed by atoms with Gasteiger partial charge in [-0.3, -0.25) is 0 Å². The zero-order chi connectivity index (χ0) is 14.4. The van der Waals surface area contributed by atoms with Crippen LogP contribution >= 0.6 is 0 Å². The molecule has 0 aromatic heterocycles. The Morgan fingerprint density at radius 2 is 1.30 bits per heavy atom. The highest BCUT2D eigenvalue weighted by atomic mass is 15.1. The molecule has 2 rings (SSSR count). The Morgan fingerprint density at radius 1 is 0.750 bits per heavy atom. The van der Waals surface area contributed by atoms with Gasteiger partial charge in [-0.1, -0.05) is 56.2 Å². The molecular weight excluding hydrogens is 242 g/mol. The fourth-order valence-corrected chi connectivity index (χ4v) is 2.40. The Bertz CT molecular complexity index is 508. The van der Waals surface area contributed by atoms with E-state index in [1.54, 1.807) is 0 Å². The number of benzene rings is 2. The SMILES string of the molecule is CCCCCc1ccc(-c2ccc(N(C)C)cc2)cc1. The highest BCUT2D eigenvalue weighted by Gasteiger charge is 2.00.